The van der Waals surface area contributed by atoms with E-state index >= 15 is 0 Å². The van der Waals surface area contributed by atoms with Crippen LogP contribution in [-0.2, 0) is 26.0 Å². The van der Waals surface area contributed by atoms with Crippen LogP contribution in [0.3, 0.4) is 0 Å². The lowest BCUT2D eigenvalue weighted by atomic mass is 10.2. The first kappa shape index (κ1) is 27.2. The van der Waals surface area contributed by atoms with Crippen molar-refractivity contribution in [1.29, 1.82) is 0 Å². The number of amides is 3. The van der Waals surface area contributed by atoms with Crippen LogP contribution in [0.5, 0.6) is 0 Å². The van der Waals surface area contributed by atoms with Gasteiger partial charge in [-0.2, -0.15) is 13.2 Å². The fourth-order valence-corrected chi connectivity index (χ4v) is 3.04. The Morgan fingerprint density at radius 2 is 1.67 bits per heavy atom. The summed E-state index contributed by atoms with van der Waals surface area (Å²) in [4.78, 5) is 33.3. The second kappa shape index (κ2) is 10.8. The van der Waals surface area contributed by atoms with Crippen molar-refractivity contribution >= 4 is 33.4 Å². The molecular weight excluding hydrogens is 431 g/mol. The molecule has 0 aliphatic rings. The van der Waals surface area contributed by atoms with Crippen LogP contribution in [0.15, 0.2) is 23.1 Å². The number of carbonyl (C=O) groups excluding carboxylic acids is 2. The fraction of sp³-hybridized carbons (Fsp3) is 0.471. The number of anilines is 1. The summed E-state index contributed by atoms with van der Waals surface area (Å²) in [5.41, 5.74) is 0.900. The molecule has 0 fully saturated rings. The van der Waals surface area contributed by atoms with Crippen LogP contribution in [0, 0.1) is 0 Å². The van der Waals surface area contributed by atoms with E-state index in [1.54, 1.807) is 34.0 Å². The van der Waals surface area contributed by atoms with Crippen LogP contribution in [0.4, 0.5) is 23.7 Å². The smallest absolute Gasteiger partial charge is 0.475 e. The summed E-state index contributed by atoms with van der Waals surface area (Å²) < 4.78 is 56.6. The predicted octanol–water partition coefficient (Wildman–Crippen LogP) is 2.23. The molecule has 1 rings (SSSR count). The summed E-state index contributed by atoms with van der Waals surface area (Å²) in [6, 6.07) is 4.23. The van der Waals surface area contributed by atoms with E-state index in [9.17, 15) is 31.2 Å². The molecule has 0 saturated heterocycles. The third-order valence-electron chi connectivity index (χ3n) is 3.42. The molecule has 170 valence electrons. The highest BCUT2D eigenvalue weighted by Gasteiger charge is 2.38. The summed E-state index contributed by atoms with van der Waals surface area (Å²) in [6.45, 7) is 4.62. The maximum atomic E-state index is 12.4. The minimum atomic E-state index is -5.08. The average Bonchev–Trinajstić information content (AvgIpc) is 2.59. The molecule has 30 heavy (non-hydrogen) atoms. The van der Waals surface area contributed by atoms with Crippen LogP contribution < -0.4 is 10.6 Å². The zero-order valence-corrected chi connectivity index (χ0v) is 17.8. The molecule has 0 aliphatic heterocycles. The molecule has 0 spiro atoms. The first-order valence-corrected chi connectivity index (χ1v) is 9.94. The minimum Gasteiger partial charge on any atom is -0.475 e. The number of nitrogens with one attached hydrogen (secondary N) is 2. The number of carboxylic acid groups (broad SMARTS) is 1. The first-order valence-electron chi connectivity index (χ1n) is 8.39. The number of urea groups is 1. The van der Waals surface area contributed by atoms with Crippen molar-refractivity contribution in [3.05, 3.63) is 23.8 Å². The van der Waals surface area contributed by atoms with Crippen molar-refractivity contribution < 1.29 is 41.1 Å². The monoisotopic (exact) mass is 455 g/mol. The summed E-state index contributed by atoms with van der Waals surface area (Å²) in [5, 5.41) is 11.8. The first-order chi connectivity index (χ1) is 13.5. The van der Waals surface area contributed by atoms with E-state index in [4.69, 9.17) is 9.90 Å². The van der Waals surface area contributed by atoms with E-state index in [0.717, 1.165) is 0 Å². The number of hydrogen-bond acceptors (Lipinski definition) is 5. The van der Waals surface area contributed by atoms with Crippen LogP contribution >= 0.6 is 0 Å². The van der Waals surface area contributed by atoms with E-state index in [2.05, 4.69) is 10.6 Å². The van der Waals surface area contributed by atoms with Crippen LogP contribution in [0.2, 0.25) is 0 Å². The molecule has 0 heterocycles. The van der Waals surface area contributed by atoms with E-state index in [1.165, 1.54) is 24.0 Å². The van der Waals surface area contributed by atoms with Crippen molar-refractivity contribution in [2.75, 3.05) is 19.4 Å². The van der Waals surface area contributed by atoms with Crippen molar-refractivity contribution in [2.24, 2.45) is 0 Å². The molecule has 0 bridgehead atoms. The van der Waals surface area contributed by atoms with Gasteiger partial charge < -0.3 is 20.6 Å². The second-order valence-electron chi connectivity index (χ2n) is 6.45. The topological polar surface area (TPSA) is 133 Å². The molecule has 0 saturated carbocycles. The number of aliphatic carboxylic acids is 1. The summed E-state index contributed by atoms with van der Waals surface area (Å²) >= 11 is 0. The fourth-order valence-electron chi connectivity index (χ4n) is 1.78. The zero-order chi connectivity index (χ0) is 23.9. The molecule has 0 atom stereocenters. The van der Waals surface area contributed by atoms with Gasteiger partial charge in [0.25, 0.3) is 0 Å². The molecule has 1 aromatic rings. The molecule has 13 heteroatoms. The van der Waals surface area contributed by atoms with Crippen LogP contribution in [0.25, 0.3) is 0 Å². The number of carbonyl (C=O) groups is 3. The van der Waals surface area contributed by atoms with Crippen molar-refractivity contribution in [2.45, 2.75) is 43.6 Å². The Bertz CT molecular complexity index is 883. The molecule has 0 aromatic heterocycles. The number of alkyl halides is 3. The Morgan fingerprint density at radius 1 is 1.17 bits per heavy atom. The lowest BCUT2D eigenvalue weighted by Gasteiger charge is -2.16. The van der Waals surface area contributed by atoms with E-state index in [-0.39, 0.29) is 23.4 Å². The molecule has 1 aromatic carbocycles. The van der Waals surface area contributed by atoms with Gasteiger partial charge in [0.05, 0.1) is 10.1 Å². The van der Waals surface area contributed by atoms with Gasteiger partial charge in [-0.25, -0.2) is 18.0 Å². The third-order valence-corrected chi connectivity index (χ3v) is 5.67. The van der Waals surface area contributed by atoms with Crippen molar-refractivity contribution in [3.63, 3.8) is 0 Å². The molecule has 0 radical (unpaired) electrons. The summed E-state index contributed by atoms with van der Waals surface area (Å²) in [6.07, 6.45) is -5.08. The number of halogens is 3. The molecule has 0 unspecified atom stereocenters. The van der Waals surface area contributed by atoms with Crippen LogP contribution in [-0.4, -0.2) is 61.9 Å². The maximum absolute atomic E-state index is 12.4. The van der Waals surface area contributed by atoms with Crippen molar-refractivity contribution in [1.82, 2.24) is 10.2 Å². The number of benzene rings is 1. The number of rotatable bonds is 5. The average molecular weight is 455 g/mol. The lowest BCUT2D eigenvalue weighted by Crippen LogP contribution is -2.27. The predicted molar refractivity (Wildman–Crippen MR) is 103 cm³/mol. The SMILES string of the molecule is CC(=O)NCc1cc(NC(=O)N(C)C)ccc1S(=O)(=O)C(C)C.O=C(O)C(F)(F)F. The Balaban J connectivity index is 0.00000103. The Kier molecular flexibility index (Phi) is 9.79. The van der Waals surface area contributed by atoms with E-state index in [1.807, 2.05) is 0 Å². The number of nitrogens with zero attached hydrogens (tertiary/aromatic N) is 1. The summed E-state index contributed by atoms with van der Waals surface area (Å²) in [5.74, 6) is -3.02. The number of hydrogen-bond donors (Lipinski definition) is 3. The number of sulfone groups is 1. The van der Waals surface area contributed by atoms with Gasteiger partial charge in [-0.05, 0) is 37.6 Å². The zero-order valence-electron chi connectivity index (χ0n) is 17.0. The van der Waals surface area contributed by atoms with E-state index < -0.39 is 27.2 Å². The maximum Gasteiger partial charge on any atom is 0.490 e. The Labute approximate surface area is 172 Å². The van der Waals surface area contributed by atoms with Crippen molar-refractivity contribution in [3.8, 4) is 0 Å². The van der Waals surface area contributed by atoms with E-state index in [0.29, 0.717) is 11.3 Å². The second-order valence-corrected chi connectivity index (χ2v) is 8.93. The molecule has 9 nitrogen and oxygen atoms in total. The Hall–Kier alpha value is -2.83. The standard InChI is InChI=1S/C15H23N3O4S.C2HF3O2/c1-10(2)23(21,22)14-7-6-13(17-15(20)18(4)5)8-12(14)9-16-11(3)19;3-2(4,5)1(6)7/h6-8,10H,9H2,1-5H3,(H,16,19)(H,17,20);(H,6,7). The summed E-state index contributed by atoms with van der Waals surface area (Å²) in [7, 11) is -0.287. The van der Waals surface area contributed by atoms with Gasteiger partial charge in [-0.3, -0.25) is 4.79 Å². The minimum absolute atomic E-state index is 0.0717. The van der Waals surface area contributed by atoms with Crippen LogP contribution in [0.1, 0.15) is 26.3 Å². The van der Waals surface area contributed by atoms with Gasteiger partial charge in [0.1, 0.15) is 0 Å². The van der Waals surface area contributed by atoms with Gasteiger partial charge in [0, 0.05) is 33.3 Å². The molecular formula is C17H24F3N3O6S. The quantitative estimate of drug-likeness (QED) is 0.624. The lowest BCUT2D eigenvalue weighted by molar-refractivity contribution is -0.192. The van der Waals surface area contributed by atoms with Gasteiger partial charge in [-0.1, -0.05) is 0 Å². The number of carboxylic acids is 1. The largest absolute Gasteiger partial charge is 0.490 e. The molecule has 3 amide bonds. The normalized spacial score (nSPS) is 11.2. The van der Waals surface area contributed by atoms with Gasteiger partial charge in [0.2, 0.25) is 5.91 Å². The highest BCUT2D eigenvalue weighted by Crippen LogP contribution is 2.24. The van der Waals surface area contributed by atoms with Gasteiger partial charge in [-0.15, -0.1) is 0 Å². The van der Waals surface area contributed by atoms with Gasteiger partial charge >= 0.3 is 18.2 Å². The third kappa shape index (κ3) is 8.68. The Morgan fingerprint density at radius 3 is 2.03 bits per heavy atom. The van der Waals surface area contributed by atoms with Gasteiger partial charge in [0.15, 0.2) is 9.84 Å². The highest BCUT2D eigenvalue weighted by molar-refractivity contribution is 7.92. The molecule has 0 aliphatic carbocycles. The molecule has 3 N–H and O–H groups in total. The highest BCUT2D eigenvalue weighted by atomic mass is 32.2.